The number of fused-ring (bicyclic) bond motifs is 1. The highest BCUT2D eigenvalue weighted by Crippen LogP contribution is 2.54. The van der Waals surface area contributed by atoms with E-state index < -0.39 is 0 Å². The quantitative estimate of drug-likeness (QED) is 0.646. The van der Waals surface area contributed by atoms with Crippen molar-refractivity contribution in [2.75, 3.05) is 0 Å². The Labute approximate surface area is 92.9 Å². The van der Waals surface area contributed by atoms with E-state index in [4.69, 9.17) is 0 Å². The zero-order valence-electron chi connectivity index (χ0n) is 9.91. The average molecular weight is 206 g/mol. The van der Waals surface area contributed by atoms with E-state index in [1.807, 2.05) is 0 Å². The van der Waals surface area contributed by atoms with E-state index in [0.29, 0.717) is 17.6 Å². The Hall–Kier alpha value is -0.590. The van der Waals surface area contributed by atoms with Gasteiger partial charge in [0.15, 0.2) is 5.78 Å². The molecule has 15 heavy (non-hydrogen) atoms. The molecule has 0 saturated heterocycles. The Balaban J connectivity index is 2.02. The fraction of sp³-hybridized carbons (Fsp3) is 0.786. The molecule has 0 radical (unpaired) electrons. The fourth-order valence-electron chi connectivity index (χ4n) is 3.74. The molecular formula is C14H22O. The van der Waals surface area contributed by atoms with E-state index in [0.717, 1.165) is 24.2 Å². The zero-order valence-corrected chi connectivity index (χ0v) is 9.91. The van der Waals surface area contributed by atoms with Gasteiger partial charge >= 0.3 is 0 Å². The lowest BCUT2D eigenvalue weighted by Gasteiger charge is -2.53. The standard InChI is InChI=1S/C14H22O/c1-4-14(15)11-7-5-6-10-12(9(2)3)8-13(10)11/h4,9-13H,1,5-8H2,2-3H3. The summed E-state index contributed by atoms with van der Waals surface area (Å²) in [6, 6.07) is 0. The fourth-order valence-corrected chi connectivity index (χ4v) is 3.74. The maximum absolute atomic E-state index is 11.7. The van der Waals surface area contributed by atoms with Crippen LogP contribution in [-0.2, 0) is 4.79 Å². The van der Waals surface area contributed by atoms with Crippen LogP contribution >= 0.6 is 0 Å². The molecule has 0 bridgehead atoms. The Kier molecular flexibility index (Phi) is 2.99. The normalized spacial score (nSPS) is 39.4. The minimum absolute atomic E-state index is 0.298. The van der Waals surface area contributed by atoms with Crippen molar-refractivity contribution in [1.82, 2.24) is 0 Å². The summed E-state index contributed by atoms with van der Waals surface area (Å²) in [5.41, 5.74) is 0. The van der Waals surface area contributed by atoms with Crippen LogP contribution in [0.2, 0.25) is 0 Å². The SMILES string of the molecule is C=CC(=O)C1CCCC2C(C(C)C)CC12. The van der Waals surface area contributed by atoms with Crippen LogP contribution in [0.5, 0.6) is 0 Å². The summed E-state index contributed by atoms with van der Waals surface area (Å²) < 4.78 is 0. The summed E-state index contributed by atoms with van der Waals surface area (Å²) >= 11 is 0. The topological polar surface area (TPSA) is 17.1 Å². The first-order valence-corrected chi connectivity index (χ1v) is 6.31. The van der Waals surface area contributed by atoms with Crippen molar-refractivity contribution in [3.8, 4) is 0 Å². The van der Waals surface area contributed by atoms with Crippen molar-refractivity contribution in [3.05, 3.63) is 12.7 Å². The molecule has 2 rings (SSSR count). The Morgan fingerprint density at radius 2 is 2.07 bits per heavy atom. The van der Waals surface area contributed by atoms with Crippen LogP contribution in [0.3, 0.4) is 0 Å². The van der Waals surface area contributed by atoms with E-state index in [2.05, 4.69) is 20.4 Å². The second kappa shape index (κ2) is 4.11. The molecule has 0 aromatic rings. The number of hydrogen-bond donors (Lipinski definition) is 0. The number of rotatable bonds is 3. The molecule has 2 saturated carbocycles. The van der Waals surface area contributed by atoms with Crippen LogP contribution in [0, 0.1) is 29.6 Å². The van der Waals surface area contributed by atoms with Gasteiger partial charge in [0, 0.05) is 5.92 Å². The lowest BCUT2D eigenvalue weighted by atomic mass is 9.51. The molecule has 0 spiro atoms. The second-order valence-corrected chi connectivity index (χ2v) is 5.62. The van der Waals surface area contributed by atoms with Gasteiger partial charge in [-0.2, -0.15) is 0 Å². The van der Waals surface area contributed by atoms with Crippen molar-refractivity contribution >= 4 is 5.78 Å². The van der Waals surface area contributed by atoms with E-state index in [1.54, 1.807) is 0 Å². The summed E-state index contributed by atoms with van der Waals surface area (Å²) in [5.74, 6) is 3.83. The van der Waals surface area contributed by atoms with E-state index in [-0.39, 0.29) is 0 Å². The first kappa shape index (κ1) is 10.9. The largest absolute Gasteiger partial charge is 0.295 e. The smallest absolute Gasteiger partial charge is 0.158 e. The summed E-state index contributed by atoms with van der Waals surface area (Å²) in [7, 11) is 0. The third-order valence-corrected chi connectivity index (χ3v) is 4.64. The summed E-state index contributed by atoms with van der Waals surface area (Å²) in [4.78, 5) is 11.7. The number of carbonyl (C=O) groups excluding carboxylic acids is 1. The van der Waals surface area contributed by atoms with Gasteiger partial charge in [-0.1, -0.05) is 26.8 Å². The molecule has 0 heterocycles. The summed E-state index contributed by atoms with van der Waals surface area (Å²) in [6.07, 6.45) is 6.53. The number of hydrogen-bond acceptors (Lipinski definition) is 1. The van der Waals surface area contributed by atoms with Gasteiger partial charge in [-0.3, -0.25) is 4.79 Å². The van der Waals surface area contributed by atoms with E-state index in [9.17, 15) is 4.79 Å². The van der Waals surface area contributed by atoms with Gasteiger partial charge in [0.05, 0.1) is 0 Å². The number of carbonyl (C=O) groups is 1. The Morgan fingerprint density at radius 3 is 2.67 bits per heavy atom. The average Bonchev–Trinajstić information content (AvgIpc) is 2.17. The highest BCUT2D eigenvalue weighted by molar-refractivity contribution is 5.91. The Bertz CT molecular complexity index is 267. The van der Waals surface area contributed by atoms with Crippen LogP contribution in [0.25, 0.3) is 0 Å². The van der Waals surface area contributed by atoms with Gasteiger partial charge in [0.2, 0.25) is 0 Å². The van der Waals surface area contributed by atoms with Crippen LogP contribution in [0.15, 0.2) is 12.7 Å². The van der Waals surface area contributed by atoms with Crippen LogP contribution < -0.4 is 0 Å². The molecule has 84 valence electrons. The molecule has 0 amide bonds. The molecular weight excluding hydrogens is 184 g/mol. The molecule has 0 aliphatic heterocycles. The van der Waals surface area contributed by atoms with Gasteiger partial charge < -0.3 is 0 Å². The molecule has 4 unspecified atom stereocenters. The highest BCUT2D eigenvalue weighted by atomic mass is 16.1. The zero-order chi connectivity index (χ0) is 11.0. The maximum atomic E-state index is 11.7. The highest BCUT2D eigenvalue weighted by Gasteiger charge is 2.48. The first-order chi connectivity index (χ1) is 7.15. The van der Waals surface area contributed by atoms with Crippen molar-refractivity contribution in [2.45, 2.75) is 39.5 Å². The van der Waals surface area contributed by atoms with E-state index in [1.165, 1.54) is 25.3 Å². The predicted molar refractivity (Wildman–Crippen MR) is 62.5 cm³/mol. The first-order valence-electron chi connectivity index (χ1n) is 6.31. The molecule has 1 heteroatoms. The third-order valence-electron chi connectivity index (χ3n) is 4.64. The van der Waals surface area contributed by atoms with Crippen molar-refractivity contribution in [3.63, 3.8) is 0 Å². The van der Waals surface area contributed by atoms with Crippen LogP contribution in [0.1, 0.15) is 39.5 Å². The van der Waals surface area contributed by atoms with Crippen LogP contribution in [-0.4, -0.2) is 5.78 Å². The molecule has 0 aromatic heterocycles. The minimum Gasteiger partial charge on any atom is -0.295 e. The molecule has 2 fully saturated rings. The maximum Gasteiger partial charge on any atom is 0.158 e. The molecule has 4 atom stereocenters. The third kappa shape index (κ3) is 1.77. The number of allylic oxidation sites excluding steroid dienone is 1. The predicted octanol–water partition coefficient (Wildman–Crippen LogP) is 3.45. The van der Waals surface area contributed by atoms with Gasteiger partial charge in [0.1, 0.15) is 0 Å². The van der Waals surface area contributed by atoms with Crippen molar-refractivity contribution < 1.29 is 4.79 Å². The van der Waals surface area contributed by atoms with Gasteiger partial charge in [-0.25, -0.2) is 0 Å². The second-order valence-electron chi connectivity index (χ2n) is 5.62. The molecule has 0 N–H and O–H groups in total. The summed E-state index contributed by atoms with van der Waals surface area (Å²) in [6.45, 7) is 8.26. The van der Waals surface area contributed by atoms with Gasteiger partial charge in [-0.05, 0) is 49.0 Å². The van der Waals surface area contributed by atoms with Crippen LogP contribution in [0.4, 0.5) is 0 Å². The Morgan fingerprint density at radius 1 is 1.33 bits per heavy atom. The van der Waals surface area contributed by atoms with Crippen molar-refractivity contribution in [1.29, 1.82) is 0 Å². The summed E-state index contributed by atoms with van der Waals surface area (Å²) in [5, 5.41) is 0. The van der Waals surface area contributed by atoms with Gasteiger partial charge in [-0.15, -0.1) is 0 Å². The molecule has 2 aliphatic carbocycles. The lowest BCUT2D eigenvalue weighted by Crippen LogP contribution is -2.47. The lowest BCUT2D eigenvalue weighted by molar-refractivity contribution is -0.128. The van der Waals surface area contributed by atoms with Crippen molar-refractivity contribution in [2.24, 2.45) is 29.6 Å². The molecule has 2 aliphatic rings. The minimum atomic E-state index is 0.298. The van der Waals surface area contributed by atoms with Gasteiger partial charge in [0.25, 0.3) is 0 Å². The molecule has 1 nitrogen and oxygen atoms in total. The van der Waals surface area contributed by atoms with E-state index >= 15 is 0 Å². The monoisotopic (exact) mass is 206 g/mol. The molecule has 0 aromatic carbocycles. The number of ketones is 1.